The first-order valence-electron chi connectivity index (χ1n) is 12.1. The number of allylic oxidation sites excluding steroid dienone is 1. The van der Waals surface area contributed by atoms with Crippen molar-refractivity contribution in [1.29, 1.82) is 0 Å². The zero-order valence-electron chi connectivity index (χ0n) is 21.9. The van der Waals surface area contributed by atoms with Crippen molar-refractivity contribution >= 4 is 17.5 Å². The standard InChI is InChI=1S/C29H29N5O4/c1-17-11-6-7-12-19(17)27-32-29-30-18(2)24(28(35)31-21-14-8-9-15-22(21)36-3)25(34(29)33-27)20-13-10-16-23(37-4)26(20)38-5/h6-16,25H,1-5H3,(H,31,35)(H,30,32,33). The highest BCUT2D eigenvalue weighted by molar-refractivity contribution is 6.06. The molecule has 4 aromatic rings. The SMILES string of the molecule is COc1ccccc1NC(=O)C1=C(C)Nc2nc(-c3ccccc3C)nn2C1c1cccc(OC)c1OC. The van der Waals surface area contributed by atoms with Gasteiger partial charge in [0, 0.05) is 16.8 Å². The van der Waals surface area contributed by atoms with Gasteiger partial charge in [-0.1, -0.05) is 48.5 Å². The van der Waals surface area contributed by atoms with Crippen LogP contribution in [0.4, 0.5) is 11.6 Å². The molecule has 9 heteroatoms. The molecule has 9 nitrogen and oxygen atoms in total. The Morgan fingerprint density at radius 3 is 2.34 bits per heavy atom. The molecule has 0 radical (unpaired) electrons. The Balaban J connectivity index is 1.68. The molecule has 2 heterocycles. The van der Waals surface area contributed by atoms with E-state index in [0.29, 0.717) is 51.5 Å². The molecule has 0 saturated carbocycles. The van der Waals surface area contributed by atoms with E-state index in [4.69, 9.17) is 24.3 Å². The van der Waals surface area contributed by atoms with Crippen LogP contribution in [0.5, 0.6) is 17.2 Å². The number of nitrogens with one attached hydrogen (secondary N) is 2. The van der Waals surface area contributed by atoms with E-state index in [2.05, 4.69) is 10.6 Å². The van der Waals surface area contributed by atoms with Crippen LogP contribution in [0.1, 0.15) is 24.1 Å². The summed E-state index contributed by atoms with van der Waals surface area (Å²) in [6, 6.07) is 20.1. The third kappa shape index (κ3) is 4.32. The summed E-state index contributed by atoms with van der Waals surface area (Å²) in [5.74, 6) is 2.37. The quantitative estimate of drug-likeness (QED) is 0.352. The number of hydrogen-bond acceptors (Lipinski definition) is 7. The van der Waals surface area contributed by atoms with Gasteiger partial charge in [-0.2, -0.15) is 4.98 Å². The molecule has 1 amide bonds. The Hall–Kier alpha value is -4.79. The van der Waals surface area contributed by atoms with Crippen LogP contribution < -0.4 is 24.8 Å². The van der Waals surface area contributed by atoms with Crippen LogP contribution in [-0.2, 0) is 4.79 Å². The fourth-order valence-corrected chi connectivity index (χ4v) is 4.74. The maximum Gasteiger partial charge on any atom is 0.255 e. The number of rotatable bonds is 7. The Morgan fingerprint density at radius 1 is 0.895 bits per heavy atom. The minimum atomic E-state index is -0.656. The number of methoxy groups -OCH3 is 3. The van der Waals surface area contributed by atoms with Crippen molar-refractivity contribution in [2.45, 2.75) is 19.9 Å². The van der Waals surface area contributed by atoms with E-state index in [1.165, 1.54) is 0 Å². The molecular weight excluding hydrogens is 482 g/mol. The Morgan fingerprint density at radius 2 is 1.61 bits per heavy atom. The van der Waals surface area contributed by atoms with Gasteiger partial charge in [0.05, 0.1) is 32.6 Å². The minimum Gasteiger partial charge on any atom is -0.495 e. The first-order chi connectivity index (χ1) is 18.5. The average Bonchev–Trinajstić information content (AvgIpc) is 3.35. The Labute approximate surface area is 221 Å². The highest BCUT2D eigenvalue weighted by atomic mass is 16.5. The molecule has 0 spiro atoms. The highest BCUT2D eigenvalue weighted by Gasteiger charge is 2.37. The van der Waals surface area contributed by atoms with Gasteiger partial charge < -0.3 is 24.8 Å². The first kappa shape index (κ1) is 24.9. The van der Waals surface area contributed by atoms with Gasteiger partial charge in [-0.05, 0) is 37.6 Å². The van der Waals surface area contributed by atoms with Crippen LogP contribution in [0.15, 0.2) is 78.0 Å². The molecule has 1 aliphatic heterocycles. The van der Waals surface area contributed by atoms with E-state index >= 15 is 0 Å². The van der Waals surface area contributed by atoms with E-state index < -0.39 is 6.04 Å². The zero-order chi connectivity index (χ0) is 26.8. The summed E-state index contributed by atoms with van der Waals surface area (Å²) in [6.45, 7) is 3.86. The summed E-state index contributed by atoms with van der Waals surface area (Å²) in [4.78, 5) is 18.7. The van der Waals surface area contributed by atoms with Gasteiger partial charge in [0.1, 0.15) is 11.8 Å². The number of anilines is 2. The van der Waals surface area contributed by atoms with Crippen molar-refractivity contribution in [2.24, 2.45) is 0 Å². The number of amides is 1. The number of ether oxygens (including phenoxy) is 3. The maximum absolute atomic E-state index is 13.9. The fourth-order valence-electron chi connectivity index (χ4n) is 4.74. The van der Waals surface area contributed by atoms with Crippen molar-refractivity contribution < 1.29 is 19.0 Å². The predicted octanol–water partition coefficient (Wildman–Crippen LogP) is 5.21. The molecule has 1 aliphatic rings. The van der Waals surface area contributed by atoms with Gasteiger partial charge in [0.15, 0.2) is 17.3 Å². The van der Waals surface area contributed by atoms with Crippen LogP contribution >= 0.6 is 0 Å². The molecular formula is C29H29N5O4. The largest absolute Gasteiger partial charge is 0.495 e. The van der Waals surface area contributed by atoms with Crippen LogP contribution in [0.3, 0.4) is 0 Å². The van der Waals surface area contributed by atoms with Crippen molar-refractivity contribution in [3.8, 4) is 28.6 Å². The monoisotopic (exact) mass is 511 g/mol. The summed E-state index contributed by atoms with van der Waals surface area (Å²) in [7, 11) is 4.72. The van der Waals surface area contributed by atoms with Gasteiger partial charge >= 0.3 is 0 Å². The molecule has 0 saturated heterocycles. The molecule has 1 unspecified atom stereocenters. The lowest BCUT2D eigenvalue weighted by Gasteiger charge is -2.30. The van der Waals surface area contributed by atoms with Gasteiger partial charge in [-0.3, -0.25) is 4.79 Å². The topological polar surface area (TPSA) is 99.5 Å². The van der Waals surface area contributed by atoms with Crippen molar-refractivity contribution in [3.05, 3.63) is 89.1 Å². The lowest BCUT2D eigenvalue weighted by Crippen LogP contribution is -2.32. The van der Waals surface area contributed by atoms with E-state index in [0.717, 1.165) is 11.1 Å². The minimum absolute atomic E-state index is 0.312. The summed E-state index contributed by atoms with van der Waals surface area (Å²) < 4.78 is 18.5. The van der Waals surface area contributed by atoms with Gasteiger partial charge in [0.2, 0.25) is 5.95 Å². The first-order valence-corrected chi connectivity index (χ1v) is 12.1. The number of hydrogen-bond donors (Lipinski definition) is 2. The van der Waals surface area contributed by atoms with Crippen LogP contribution in [0, 0.1) is 6.92 Å². The third-order valence-corrected chi connectivity index (χ3v) is 6.57. The zero-order valence-corrected chi connectivity index (χ0v) is 21.9. The Kier molecular flexibility index (Phi) is 6.74. The molecule has 194 valence electrons. The molecule has 5 rings (SSSR count). The molecule has 38 heavy (non-hydrogen) atoms. The molecule has 1 aromatic heterocycles. The maximum atomic E-state index is 13.9. The number of nitrogens with zero attached hydrogens (tertiary/aromatic N) is 3. The lowest BCUT2D eigenvalue weighted by molar-refractivity contribution is -0.113. The van der Waals surface area contributed by atoms with Gasteiger partial charge in [-0.25, -0.2) is 4.68 Å². The Bertz CT molecular complexity index is 1540. The molecule has 0 aliphatic carbocycles. The second kappa shape index (κ2) is 10.3. The molecule has 2 N–H and O–H groups in total. The molecule has 0 fully saturated rings. The number of aromatic nitrogens is 3. The van der Waals surface area contributed by atoms with Crippen LogP contribution in [-0.4, -0.2) is 42.0 Å². The smallest absolute Gasteiger partial charge is 0.255 e. The van der Waals surface area contributed by atoms with Crippen molar-refractivity contribution in [2.75, 3.05) is 32.0 Å². The second-order valence-corrected chi connectivity index (χ2v) is 8.82. The van der Waals surface area contributed by atoms with E-state index in [9.17, 15) is 4.79 Å². The summed E-state index contributed by atoms with van der Waals surface area (Å²) in [5.41, 5.74) is 4.32. The highest BCUT2D eigenvalue weighted by Crippen LogP contribution is 2.43. The van der Waals surface area contributed by atoms with Crippen molar-refractivity contribution in [1.82, 2.24) is 14.8 Å². The number of fused-ring (bicyclic) bond motifs is 1. The normalized spacial score (nSPS) is 14.4. The molecule has 1 atom stereocenters. The van der Waals surface area contributed by atoms with Crippen LogP contribution in [0.2, 0.25) is 0 Å². The number of benzene rings is 3. The second-order valence-electron chi connectivity index (χ2n) is 8.82. The predicted molar refractivity (Wildman–Crippen MR) is 146 cm³/mol. The van der Waals surface area contributed by atoms with Gasteiger partial charge in [-0.15, -0.1) is 5.10 Å². The number of para-hydroxylation sites is 3. The lowest BCUT2D eigenvalue weighted by atomic mass is 9.94. The van der Waals surface area contributed by atoms with E-state index in [-0.39, 0.29) is 5.91 Å². The number of carbonyl (C=O) groups is 1. The fraction of sp³-hybridized carbons (Fsp3) is 0.207. The van der Waals surface area contributed by atoms with E-state index in [1.54, 1.807) is 38.1 Å². The van der Waals surface area contributed by atoms with Gasteiger partial charge in [0.25, 0.3) is 5.91 Å². The third-order valence-electron chi connectivity index (χ3n) is 6.57. The molecule has 3 aromatic carbocycles. The number of carbonyl (C=O) groups excluding carboxylic acids is 1. The summed E-state index contributed by atoms with van der Waals surface area (Å²) in [5, 5.41) is 11.2. The summed E-state index contributed by atoms with van der Waals surface area (Å²) in [6.07, 6.45) is 0. The van der Waals surface area contributed by atoms with Crippen LogP contribution in [0.25, 0.3) is 11.4 Å². The molecule has 0 bridgehead atoms. The summed E-state index contributed by atoms with van der Waals surface area (Å²) >= 11 is 0. The average molecular weight is 512 g/mol. The van der Waals surface area contributed by atoms with Crippen molar-refractivity contribution in [3.63, 3.8) is 0 Å². The van der Waals surface area contributed by atoms with E-state index in [1.807, 2.05) is 68.4 Å². The number of aryl methyl sites for hydroxylation is 1.